The van der Waals surface area contributed by atoms with Crippen LogP contribution >= 0.6 is 0 Å². The highest BCUT2D eigenvalue weighted by Crippen LogP contribution is 2.13. The molecule has 0 amide bonds. The van der Waals surface area contributed by atoms with Crippen molar-refractivity contribution in [1.82, 2.24) is 20.2 Å². The molecule has 2 aromatic rings. The van der Waals surface area contributed by atoms with Gasteiger partial charge in [-0.15, -0.1) is 11.7 Å². The third-order valence-corrected chi connectivity index (χ3v) is 2.01. The number of rotatable bonds is 3. The van der Waals surface area contributed by atoms with Crippen molar-refractivity contribution in [2.45, 2.75) is 6.42 Å². The van der Waals surface area contributed by atoms with Gasteiger partial charge >= 0.3 is 0 Å². The Morgan fingerprint density at radius 1 is 1.47 bits per heavy atom. The summed E-state index contributed by atoms with van der Waals surface area (Å²) in [5.41, 5.74) is 1.21. The molecule has 0 spiro atoms. The van der Waals surface area contributed by atoms with Gasteiger partial charge in [0, 0.05) is 0 Å². The minimum atomic E-state index is -0.275. The lowest BCUT2D eigenvalue weighted by Gasteiger charge is -2.02. The van der Waals surface area contributed by atoms with Gasteiger partial charge in [0.25, 0.3) is 0 Å². The van der Waals surface area contributed by atoms with E-state index in [1.165, 1.54) is 17.1 Å². The first-order valence-corrected chi connectivity index (χ1v) is 4.44. The Morgan fingerprint density at radius 3 is 2.93 bits per heavy atom. The van der Waals surface area contributed by atoms with Gasteiger partial charge in [0.15, 0.2) is 0 Å². The van der Waals surface area contributed by atoms with E-state index < -0.39 is 0 Å². The number of nitrogens with zero attached hydrogens (tertiary/aromatic N) is 4. The van der Waals surface area contributed by atoms with Crippen LogP contribution in [0.25, 0.3) is 5.69 Å². The molecule has 0 fully saturated rings. The molecule has 4 nitrogen and oxygen atoms in total. The summed E-state index contributed by atoms with van der Waals surface area (Å²) >= 11 is 0. The van der Waals surface area contributed by atoms with Crippen molar-refractivity contribution in [3.63, 3.8) is 0 Å². The second-order valence-corrected chi connectivity index (χ2v) is 3.02. The van der Waals surface area contributed by atoms with Crippen LogP contribution < -0.4 is 0 Å². The SMILES string of the molecule is C=CCc1ccc(-n2cnnn2)cc1F. The molecule has 0 saturated heterocycles. The molecule has 1 aromatic heterocycles. The Balaban J connectivity index is 2.37. The molecule has 76 valence electrons. The van der Waals surface area contributed by atoms with Gasteiger partial charge in [-0.05, 0) is 34.5 Å². The lowest BCUT2D eigenvalue weighted by molar-refractivity contribution is 0.612. The fourth-order valence-corrected chi connectivity index (χ4v) is 1.28. The molecule has 0 unspecified atom stereocenters. The Kier molecular flexibility index (Phi) is 2.53. The van der Waals surface area contributed by atoms with Crippen LogP contribution in [0.1, 0.15) is 5.56 Å². The monoisotopic (exact) mass is 204 g/mol. The number of tetrazole rings is 1. The van der Waals surface area contributed by atoms with Gasteiger partial charge in [-0.3, -0.25) is 0 Å². The predicted molar refractivity (Wildman–Crippen MR) is 53.0 cm³/mol. The quantitative estimate of drug-likeness (QED) is 0.712. The van der Waals surface area contributed by atoms with Crippen LogP contribution in [0.15, 0.2) is 37.2 Å². The Bertz CT molecular complexity index is 464. The average molecular weight is 204 g/mol. The molecule has 2 rings (SSSR count). The van der Waals surface area contributed by atoms with E-state index in [0.717, 1.165) is 0 Å². The summed E-state index contributed by atoms with van der Waals surface area (Å²) in [6, 6.07) is 4.86. The van der Waals surface area contributed by atoms with E-state index in [-0.39, 0.29) is 5.82 Å². The van der Waals surface area contributed by atoms with E-state index in [2.05, 4.69) is 22.1 Å². The lowest BCUT2D eigenvalue weighted by Crippen LogP contribution is -1.97. The van der Waals surface area contributed by atoms with Crippen LogP contribution in [-0.2, 0) is 6.42 Å². The number of hydrogen-bond acceptors (Lipinski definition) is 3. The van der Waals surface area contributed by atoms with Crippen molar-refractivity contribution >= 4 is 0 Å². The van der Waals surface area contributed by atoms with E-state index >= 15 is 0 Å². The van der Waals surface area contributed by atoms with Crippen molar-refractivity contribution in [1.29, 1.82) is 0 Å². The maximum absolute atomic E-state index is 13.5. The van der Waals surface area contributed by atoms with Crippen molar-refractivity contribution in [2.75, 3.05) is 0 Å². The Morgan fingerprint density at radius 2 is 2.33 bits per heavy atom. The highest BCUT2D eigenvalue weighted by molar-refractivity contribution is 5.35. The van der Waals surface area contributed by atoms with Crippen LogP contribution in [0.4, 0.5) is 4.39 Å². The van der Waals surface area contributed by atoms with Gasteiger partial charge in [-0.25, -0.2) is 9.07 Å². The van der Waals surface area contributed by atoms with Gasteiger partial charge in [0.2, 0.25) is 0 Å². The molecule has 0 bridgehead atoms. The molecule has 0 atom stereocenters. The molecule has 5 heteroatoms. The van der Waals surface area contributed by atoms with Gasteiger partial charge < -0.3 is 0 Å². The second kappa shape index (κ2) is 4.00. The molecule has 15 heavy (non-hydrogen) atoms. The molecule has 0 saturated carbocycles. The first-order valence-electron chi connectivity index (χ1n) is 4.44. The molecule has 0 aliphatic carbocycles. The van der Waals surface area contributed by atoms with Gasteiger partial charge in [-0.2, -0.15) is 0 Å². The standard InChI is InChI=1S/C10H9FN4/c1-2-3-8-4-5-9(6-10(8)11)15-7-12-13-14-15/h2,4-7H,1,3H2. The second-order valence-electron chi connectivity index (χ2n) is 3.02. The summed E-state index contributed by atoms with van der Waals surface area (Å²) < 4.78 is 14.9. The van der Waals surface area contributed by atoms with Crippen LogP contribution in [0.2, 0.25) is 0 Å². The summed E-state index contributed by atoms with van der Waals surface area (Å²) in [6.45, 7) is 3.57. The van der Waals surface area contributed by atoms with Crippen LogP contribution in [0.3, 0.4) is 0 Å². The molecule has 0 radical (unpaired) electrons. The topological polar surface area (TPSA) is 43.6 Å². The average Bonchev–Trinajstić information content (AvgIpc) is 2.74. The molecular formula is C10H9FN4. The summed E-state index contributed by atoms with van der Waals surface area (Å²) in [7, 11) is 0. The van der Waals surface area contributed by atoms with Gasteiger partial charge in [0.1, 0.15) is 12.1 Å². The zero-order valence-electron chi connectivity index (χ0n) is 7.97. The fourth-order valence-electron chi connectivity index (χ4n) is 1.28. The molecule has 0 N–H and O–H groups in total. The highest BCUT2D eigenvalue weighted by atomic mass is 19.1. The lowest BCUT2D eigenvalue weighted by atomic mass is 10.1. The van der Waals surface area contributed by atoms with Gasteiger partial charge in [-0.1, -0.05) is 12.1 Å². The van der Waals surface area contributed by atoms with Crippen molar-refractivity contribution < 1.29 is 4.39 Å². The first kappa shape index (κ1) is 9.51. The van der Waals surface area contributed by atoms with Crippen LogP contribution in [-0.4, -0.2) is 20.2 Å². The molecular weight excluding hydrogens is 195 g/mol. The summed E-state index contributed by atoms with van der Waals surface area (Å²) in [5, 5.41) is 10.6. The maximum atomic E-state index is 13.5. The Labute approximate surface area is 86.0 Å². The maximum Gasteiger partial charge on any atom is 0.143 e. The Hall–Kier alpha value is -2.04. The van der Waals surface area contributed by atoms with E-state index in [0.29, 0.717) is 17.7 Å². The number of benzene rings is 1. The summed E-state index contributed by atoms with van der Waals surface area (Å²) in [6.07, 6.45) is 3.60. The summed E-state index contributed by atoms with van der Waals surface area (Å²) in [4.78, 5) is 0. The van der Waals surface area contributed by atoms with E-state index in [9.17, 15) is 4.39 Å². The zero-order valence-corrected chi connectivity index (χ0v) is 7.97. The zero-order chi connectivity index (χ0) is 10.7. The largest absolute Gasteiger partial charge is 0.207 e. The minimum absolute atomic E-state index is 0.275. The van der Waals surface area contributed by atoms with Gasteiger partial charge in [0.05, 0.1) is 5.69 Å². The number of hydrogen-bond donors (Lipinski definition) is 0. The molecule has 0 aliphatic rings. The minimum Gasteiger partial charge on any atom is -0.207 e. The number of aromatic nitrogens is 4. The van der Waals surface area contributed by atoms with E-state index in [4.69, 9.17) is 0 Å². The molecule has 0 aliphatic heterocycles. The highest BCUT2D eigenvalue weighted by Gasteiger charge is 2.04. The molecule has 1 aromatic carbocycles. The number of allylic oxidation sites excluding steroid dienone is 1. The van der Waals surface area contributed by atoms with Crippen molar-refractivity contribution in [2.24, 2.45) is 0 Å². The number of halogens is 1. The third kappa shape index (κ3) is 1.90. The van der Waals surface area contributed by atoms with Crippen molar-refractivity contribution in [3.8, 4) is 5.69 Å². The van der Waals surface area contributed by atoms with Crippen molar-refractivity contribution in [3.05, 3.63) is 48.6 Å². The fraction of sp³-hybridized carbons (Fsp3) is 0.100. The van der Waals surface area contributed by atoms with E-state index in [1.54, 1.807) is 18.2 Å². The normalized spacial score (nSPS) is 10.2. The smallest absolute Gasteiger partial charge is 0.143 e. The van der Waals surface area contributed by atoms with Crippen LogP contribution in [0, 0.1) is 5.82 Å². The summed E-state index contributed by atoms with van der Waals surface area (Å²) in [5.74, 6) is -0.275. The third-order valence-electron chi connectivity index (χ3n) is 2.01. The molecule has 1 heterocycles. The van der Waals surface area contributed by atoms with E-state index in [1.807, 2.05) is 0 Å². The first-order chi connectivity index (χ1) is 7.31. The van der Waals surface area contributed by atoms with Crippen LogP contribution in [0.5, 0.6) is 0 Å². The predicted octanol–water partition coefficient (Wildman–Crippen LogP) is 1.53.